The van der Waals surface area contributed by atoms with Crippen LogP contribution in [0, 0.1) is 0 Å². The first-order chi connectivity index (χ1) is 15.1. The van der Waals surface area contributed by atoms with Gasteiger partial charge in [0.25, 0.3) is 0 Å². The van der Waals surface area contributed by atoms with E-state index in [1.807, 2.05) is 91.0 Å². The third-order valence-electron chi connectivity index (χ3n) is 5.02. The molecule has 0 saturated carbocycles. The molecule has 1 N–H and O–H groups in total. The number of para-hydroxylation sites is 1. The van der Waals surface area contributed by atoms with Crippen molar-refractivity contribution in [3.63, 3.8) is 0 Å². The van der Waals surface area contributed by atoms with Gasteiger partial charge in [-0.15, -0.1) is 0 Å². The summed E-state index contributed by atoms with van der Waals surface area (Å²) in [5, 5.41) is 9.15. The normalized spacial score (nSPS) is 10.6. The summed E-state index contributed by atoms with van der Waals surface area (Å²) >= 11 is 0. The molecule has 0 saturated heterocycles. The molecule has 0 unspecified atom stereocenters. The number of carboxylic acid groups (broad SMARTS) is 1. The zero-order valence-corrected chi connectivity index (χ0v) is 17.2. The second-order valence-corrected chi connectivity index (χ2v) is 7.08. The smallest absolute Gasteiger partial charge is 0.303 e. The quantitative estimate of drug-likeness (QED) is 0.387. The Kier molecular flexibility index (Phi) is 6.03. The van der Waals surface area contributed by atoms with Crippen LogP contribution in [0.2, 0.25) is 0 Å². The van der Waals surface area contributed by atoms with Crippen molar-refractivity contribution in [3.05, 3.63) is 96.7 Å². The van der Waals surface area contributed by atoms with Gasteiger partial charge in [-0.25, -0.2) is 0 Å². The second kappa shape index (κ2) is 9.22. The number of ether oxygens (including phenoxy) is 2. The monoisotopic (exact) mass is 413 g/mol. The summed E-state index contributed by atoms with van der Waals surface area (Å²) in [6.07, 6.45) is 0.509. The predicted octanol–water partition coefficient (Wildman–Crippen LogP) is 5.96. The molecular weight excluding hydrogens is 390 g/mol. The van der Waals surface area contributed by atoms with E-state index in [-0.39, 0.29) is 6.42 Å². The van der Waals surface area contributed by atoms with Crippen LogP contribution in [0.3, 0.4) is 0 Å². The van der Waals surface area contributed by atoms with E-state index in [4.69, 9.17) is 14.6 Å². The molecule has 0 aliphatic heterocycles. The van der Waals surface area contributed by atoms with Crippen LogP contribution in [0.15, 0.2) is 91.0 Å². The lowest BCUT2D eigenvalue weighted by molar-refractivity contribution is -0.136. The van der Waals surface area contributed by atoms with Crippen LogP contribution in [0.25, 0.3) is 16.9 Å². The van der Waals surface area contributed by atoms with Crippen molar-refractivity contribution in [1.29, 1.82) is 0 Å². The molecule has 4 rings (SSSR count). The number of carbonyl (C=O) groups is 1. The van der Waals surface area contributed by atoms with E-state index >= 15 is 0 Å². The lowest BCUT2D eigenvalue weighted by Gasteiger charge is -2.15. The van der Waals surface area contributed by atoms with E-state index < -0.39 is 5.97 Å². The third-order valence-corrected chi connectivity index (χ3v) is 5.02. The molecule has 0 atom stereocenters. The highest BCUT2D eigenvalue weighted by molar-refractivity contribution is 5.68. The Bertz CT molecular complexity index is 1150. The summed E-state index contributed by atoms with van der Waals surface area (Å²) in [4.78, 5) is 11.1. The maximum absolute atomic E-state index is 11.1. The van der Waals surface area contributed by atoms with Crippen molar-refractivity contribution < 1.29 is 19.4 Å². The Labute approximate surface area is 181 Å². The number of aromatic nitrogens is 1. The van der Waals surface area contributed by atoms with E-state index in [0.29, 0.717) is 6.42 Å². The highest BCUT2D eigenvalue weighted by Crippen LogP contribution is 2.30. The first-order valence-electron chi connectivity index (χ1n) is 10.0. The summed E-state index contributed by atoms with van der Waals surface area (Å²) < 4.78 is 13.3. The lowest BCUT2D eigenvalue weighted by Crippen LogP contribution is -2.05. The molecular formula is C26H23NO4. The molecule has 4 aromatic rings. The maximum atomic E-state index is 11.1. The Balaban J connectivity index is 1.68. The first-order valence-corrected chi connectivity index (χ1v) is 10.0. The van der Waals surface area contributed by atoms with E-state index in [9.17, 15) is 4.79 Å². The highest BCUT2D eigenvalue weighted by atomic mass is 16.5. The summed E-state index contributed by atoms with van der Waals surface area (Å²) in [5.74, 6) is 1.48. The van der Waals surface area contributed by atoms with Gasteiger partial charge in [-0.3, -0.25) is 4.79 Å². The Morgan fingerprint density at radius 1 is 0.806 bits per heavy atom. The number of carboxylic acids is 1. The number of rotatable bonds is 8. The minimum Gasteiger partial charge on any atom is -0.497 e. The molecule has 0 bridgehead atoms. The van der Waals surface area contributed by atoms with Gasteiger partial charge in [0.2, 0.25) is 0 Å². The van der Waals surface area contributed by atoms with Gasteiger partial charge in [0.1, 0.15) is 17.2 Å². The number of hydrogen-bond acceptors (Lipinski definition) is 3. The Morgan fingerprint density at radius 3 is 2.10 bits per heavy atom. The molecule has 0 amide bonds. The van der Waals surface area contributed by atoms with E-state index in [0.717, 1.165) is 39.9 Å². The average molecular weight is 413 g/mol. The number of methoxy groups -OCH3 is 1. The molecule has 1 heterocycles. The van der Waals surface area contributed by atoms with Crippen LogP contribution in [0.5, 0.6) is 17.2 Å². The standard InChI is InChI=1S/C26H23NO4/c1-30-22-13-7-19(8-14-22)25-17-11-21(12-18-26(28)29)27(25)20-9-15-24(16-10-20)31-23-5-3-2-4-6-23/h2-11,13-17H,12,18H2,1H3,(H,28,29). The van der Waals surface area contributed by atoms with Crippen molar-refractivity contribution in [3.8, 4) is 34.2 Å². The average Bonchev–Trinajstić information content (AvgIpc) is 3.23. The van der Waals surface area contributed by atoms with E-state index in [1.165, 1.54) is 0 Å². The van der Waals surface area contributed by atoms with Crippen LogP contribution in [-0.4, -0.2) is 22.8 Å². The van der Waals surface area contributed by atoms with Gasteiger partial charge in [-0.2, -0.15) is 0 Å². The first kappa shape index (κ1) is 20.3. The van der Waals surface area contributed by atoms with Crippen molar-refractivity contribution in [2.75, 3.05) is 7.11 Å². The van der Waals surface area contributed by atoms with Crippen LogP contribution >= 0.6 is 0 Å². The summed E-state index contributed by atoms with van der Waals surface area (Å²) in [5.41, 5.74) is 3.88. The minimum atomic E-state index is -0.814. The predicted molar refractivity (Wildman–Crippen MR) is 120 cm³/mol. The topological polar surface area (TPSA) is 60.7 Å². The third kappa shape index (κ3) is 4.78. The van der Waals surface area contributed by atoms with Gasteiger partial charge >= 0.3 is 5.97 Å². The van der Waals surface area contributed by atoms with Gasteiger partial charge < -0.3 is 19.1 Å². The maximum Gasteiger partial charge on any atom is 0.303 e. The molecule has 0 aliphatic carbocycles. The fourth-order valence-electron chi connectivity index (χ4n) is 3.49. The molecule has 0 spiro atoms. The zero-order chi connectivity index (χ0) is 21.6. The zero-order valence-electron chi connectivity index (χ0n) is 17.2. The van der Waals surface area contributed by atoms with Gasteiger partial charge in [0, 0.05) is 11.4 Å². The molecule has 5 nitrogen and oxygen atoms in total. The Morgan fingerprint density at radius 2 is 1.45 bits per heavy atom. The van der Waals surface area contributed by atoms with Crippen LogP contribution < -0.4 is 9.47 Å². The fourth-order valence-corrected chi connectivity index (χ4v) is 3.49. The van der Waals surface area contributed by atoms with Crippen molar-refractivity contribution in [2.24, 2.45) is 0 Å². The van der Waals surface area contributed by atoms with Crippen molar-refractivity contribution in [1.82, 2.24) is 4.57 Å². The van der Waals surface area contributed by atoms with Crippen LogP contribution in [0.4, 0.5) is 0 Å². The number of aliphatic carboxylic acids is 1. The lowest BCUT2D eigenvalue weighted by atomic mass is 10.1. The number of benzene rings is 3. The van der Waals surface area contributed by atoms with Crippen LogP contribution in [-0.2, 0) is 11.2 Å². The number of hydrogen-bond donors (Lipinski definition) is 1. The molecule has 31 heavy (non-hydrogen) atoms. The van der Waals surface area contributed by atoms with Gasteiger partial charge in [-0.05, 0) is 84.8 Å². The van der Waals surface area contributed by atoms with Crippen molar-refractivity contribution >= 4 is 5.97 Å². The molecule has 156 valence electrons. The van der Waals surface area contributed by atoms with Gasteiger partial charge in [0.05, 0.1) is 19.2 Å². The van der Waals surface area contributed by atoms with Gasteiger partial charge in [-0.1, -0.05) is 18.2 Å². The van der Waals surface area contributed by atoms with Gasteiger partial charge in [0.15, 0.2) is 0 Å². The second-order valence-electron chi connectivity index (χ2n) is 7.08. The summed E-state index contributed by atoms with van der Waals surface area (Å²) in [6, 6.07) is 29.3. The van der Waals surface area contributed by atoms with Crippen molar-refractivity contribution in [2.45, 2.75) is 12.8 Å². The molecule has 3 aromatic carbocycles. The van der Waals surface area contributed by atoms with Crippen LogP contribution in [0.1, 0.15) is 12.1 Å². The summed E-state index contributed by atoms with van der Waals surface area (Å²) in [6.45, 7) is 0. The summed E-state index contributed by atoms with van der Waals surface area (Å²) in [7, 11) is 1.64. The number of nitrogens with zero attached hydrogens (tertiary/aromatic N) is 1. The number of aryl methyl sites for hydroxylation is 1. The Hall–Kier alpha value is -3.99. The molecule has 1 aromatic heterocycles. The highest BCUT2D eigenvalue weighted by Gasteiger charge is 2.14. The largest absolute Gasteiger partial charge is 0.497 e. The van der Waals surface area contributed by atoms with E-state index in [1.54, 1.807) is 7.11 Å². The van der Waals surface area contributed by atoms with E-state index in [2.05, 4.69) is 4.57 Å². The SMILES string of the molecule is COc1ccc(-c2ccc(CCC(=O)O)n2-c2ccc(Oc3ccccc3)cc2)cc1. The molecule has 5 heteroatoms. The molecule has 0 radical (unpaired) electrons. The molecule has 0 fully saturated rings. The molecule has 0 aliphatic rings. The fraction of sp³-hybridized carbons (Fsp3) is 0.115. The minimum absolute atomic E-state index is 0.0707.